The minimum Gasteiger partial charge on any atom is -0.264 e. The van der Waals surface area contributed by atoms with Crippen molar-refractivity contribution in [1.29, 1.82) is 0 Å². The maximum absolute atomic E-state index is 13.4. The molecule has 0 bridgehead atoms. The van der Waals surface area contributed by atoms with Crippen LogP contribution in [-0.4, -0.2) is 22.1 Å². The van der Waals surface area contributed by atoms with Crippen LogP contribution in [0.2, 0.25) is 0 Å². The van der Waals surface area contributed by atoms with Gasteiger partial charge in [0.25, 0.3) is 0 Å². The van der Waals surface area contributed by atoms with E-state index in [9.17, 15) is 9.18 Å². The number of hydrogen-bond donors (Lipinski definition) is 0. The molecule has 0 atom stereocenters. The molecule has 0 aliphatic rings. The van der Waals surface area contributed by atoms with Crippen molar-refractivity contribution in [3.05, 3.63) is 87.6 Å². The lowest BCUT2D eigenvalue weighted by Gasteiger charge is -2.11. The summed E-state index contributed by atoms with van der Waals surface area (Å²) in [6, 6.07) is 19.2. The third kappa shape index (κ3) is 4.12. The van der Waals surface area contributed by atoms with E-state index >= 15 is 0 Å². The SMILES string of the molecule is O=C(c1nc2ccccc2s1)N(/N=C/c1ccc(F)cc1)c1nc2ccc(Br)cc2s1. The van der Waals surface area contributed by atoms with Crippen molar-refractivity contribution in [3.8, 4) is 0 Å². The van der Waals surface area contributed by atoms with E-state index in [1.807, 2.05) is 42.5 Å². The average Bonchev–Trinajstić information content (AvgIpc) is 3.38. The molecule has 0 saturated heterocycles. The first kappa shape index (κ1) is 19.9. The van der Waals surface area contributed by atoms with Crippen molar-refractivity contribution in [3.63, 3.8) is 0 Å². The van der Waals surface area contributed by atoms with Gasteiger partial charge >= 0.3 is 5.91 Å². The van der Waals surface area contributed by atoms with Gasteiger partial charge in [0.15, 0.2) is 5.01 Å². The zero-order valence-electron chi connectivity index (χ0n) is 15.7. The van der Waals surface area contributed by atoms with Gasteiger partial charge in [-0.15, -0.1) is 11.3 Å². The summed E-state index contributed by atoms with van der Waals surface area (Å²) >= 11 is 6.12. The summed E-state index contributed by atoms with van der Waals surface area (Å²) in [6.07, 6.45) is 1.51. The third-order valence-electron chi connectivity index (χ3n) is 4.38. The highest BCUT2D eigenvalue weighted by Gasteiger charge is 2.24. The molecule has 0 fully saturated rings. The molecule has 0 spiro atoms. The molecular formula is C22H12BrFN4OS2. The van der Waals surface area contributed by atoms with Gasteiger partial charge in [-0.2, -0.15) is 10.1 Å². The molecule has 0 N–H and O–H groups in total. The van der Waals surface area contributed by atoms with Crippen molar-refractivity contribution >= 4 is 76.3 Å². The summed E-state index contributed by atoms with van der Waals surface area (Å²) in [5, 5.41) is 6.39. The Hall–Kier alpha value is -3.01. The van der Waals surface area contributed by atoms with E-state index < -0.39 is 0 Å². The van der Waals surface area contributed by atoms with Gasteiger partial charge in [0.1, 0.15) is 5.82 Å². The highest BCUT2D eigenvalue weighted by Crippen LogP contribution is 2.33. The predicted molar refractivity (Wildman–Crippen MR) is 128 cm³/mol. The van der Waals surface area contributed by atoms with Gasteiger partial charge in [0.05, 0.1) is 26.6 Å². The predicted octanol–water partition coefficient (Wildman–Crippen LogP) is 6.49. The fourth-order valence-electron chi connectivity index (χ4n) is 2.89. The number of nitrogens with zero attached hydrogens (tertiary/aromatic N) is 4. The fourth-order valence-corrected chi connectivity index (χ4v) is 5.26. The number of hydrazone groups is 1. The number of carbonyl (C=O) groups excluding carboxylic acids is 1. The van der Waals surface area contributed by atoms with Crippen LogP contribution in [0.1, 0.15) is 15.4 Å². The van der Waals surface area contributed by atoms with Gasteiger partial charge in [-0.05, 0) is 48.0 Å². The Balaban J connectivity index is 1.58. The Kier molecular flexibility index (Phi) is 5.31. The number of carbonyl (C=O) groups is 1. The van der Waals surface area contributed by atoms with Crippen LogP contribution in [0.3, 0.4) is 0 Å². The summed E-state index contributed by atoms with van der Waals surface area (Å²) in [6.45, 7) is 0. The first-order valence-electron chi connectivity index (χ1n) is 9.12. The highest BCUT2D eigenvalue weighted by molar-refractivity contribution is 9.10. The Morgan fingerprint density at radius 1 is 0.968 bits per heavy atom. The molecule has 5 aromatic rings. The fraction of sp³-hybridized carbons (Fsp3) is 0. The molecule has 0 aliphatic carbocycles. The zero-order chi connectivity index (χ0) is 21.4. The molecule has 0 unspecified atom stereocenters. The van der Waals surface area contributed by atoms with Crippen molar-refractivity contribution in [2.45, 2.75) is 0 Å². The molecule has 3 aromatic carbocycles. The Bertz CT molecular complexity index is 1410. The average molecular weight is 511 g/mol. The molecule has 2 aromatic heterocycles. The van der Waals surface area contributed by atoms with Crippen LogP contribution < -0.4 is 5.01 Å². The van der Waals surface area contributed by atoms with E-state index in [4.69, 9.17) is 0 Å². The maximum atomic E-state index is 13.4. The second-order valence-corrected chi connectivity index (χ2v) is 9.46. The first-order chi connectivity index (χ1) is 15.1. The van der Waals surface area contributed by atoms with E-state index in [2.05, 4.69) is 31.0 Å². The lowest BCUT2D eigenvalue weighted by atomic mass is 10.2. The number of fused-ring (bicyclic) bond motifs is 2. The third-order valence-corrected chi connectivity index (χ3v) is 6.89. The van der Waals surface area contributed by atoms with Crippen molar-refractivity contribution in [2.75, 3.05) is 5.01 Å². The molecule has 1 amide bonds. The summed E-state index contributed by atoms with van der Waals surface area (Å²) in [5.74, 6) is -0.714. The first-order valence-corrected chi connectivity index (χ1v) is 11.5. The molecule has 9 heteroatoms. The second kappa shape index (κ2) is 8.26. The van der Waals surface area contributed by atoms with Crippen LogP contribution in [0.15, 0.2) is 76.3 Å². The molecule has 2 heterocycles. The summed E-state index contributed by atoms with van der Waals surface area (Å²) in [7, 11) is 0. The lowest BCUT2D eigenvalue weighted by molar-refractivity contribution is 0.0987. The molecular weight excluding hydrogens is 499 g/mol. The van der Waals surface area contributed by atoms with Gasteiger partial charge in [-0.3, -0.25) is 4.79 Å². The molecule has 152 valence electrons. The summed E-state index contributed by atoms with van der Waals surface area (Å²) in [4.78, 5) is 22.4. The van der Waals surface area contributed by atoms with Gasteiger partial charge in [-0.25, -0.2) is 14.4 Å². The Morgan fingerprint density at radius 2 is 1.74 bits per heavy atom. The molecule has 0 radical (unpaired) electrons. The summed E-state index contributed by atoms with van der Waals surface area (Å²) < 4.78 is 16.0. The second-order valence-electron chi connectivity index (χ2n) is 6.51. The van der Waals surface area contributed by atoms with E-state index in [0.717, 1.165) is 24.9 Å². The van der Waals surface area contributed by atoms with Gasteiger partial charge in [0.2, 0.25) is 5.13 Å². The number of rotatable bonds is 4. The van der Waals surface area contributed by atoms with E-state index in [1.165, 1.54) is 46.0 Å². The van der Waals surface area contributed by atoms with Crippen LogP contribution in [0, 0.1) is 5.82 Å². The normalized spacial score (nSPS) is 11.5. The maximum Gasteiger partial charge on any atom is 0.309 e. The molecule has 0 aliphatic heterocycles. The zero-order valence-corrected chi connectivity index (χ0v) is 18.9. The van der Waals surface area contributed by atoms with Crippen molar-refractivity contribution in [2.24, 2.45) is 5.10 Å². The largest absolute Gasteiger partial charge is 0.309 e. The van der Waals surface area contributed by atoms with Crippen LogP contribution in [0.25, 0.3) is 20.4 Å². The van der Waals surface area contributed by atoms with Crippen LogP contribution in [-0.2, 0) is 0 Å². The number of aromatic nitrogens is 2. The number of anilines is 1. The number of hydrogen-bond acceptors (Lipinski definition) is 6. The smallest absolute Gasteiger partial charge is 0.264 e. The molecule has 5 nitrogen and oxygen atoms in total. The number of thiazole rings is 2. The quantitative estimate of drug-likeness (QED) is 0.205. The van der Waals surface area contributed by atoms with Crippen molar-refractivity contribution < 1.29 is 9.18 Å². The van der Waals surface area contributed by atoms with E-state index in [0.29, 0.717) is 15.7 Å². The van der Waals surface area contributed by atoms with E-state index in [-0.39, 0.29) is 11.7 Å². The van der Waals surface area contributed by atoms with Crippen LogP contribution in [0.4, 0.5) is 9.52 Å². The van der Waals surface area contributed by atoms with Gasteiger partial charge in [0, 0.05) is 4.47 Å². The standard InChI is InChI=1S/C22H12BrFN4OS2/c23-14-7-10-17-19(11-14)31-22(27-17)28(25-12-13-5-8-15(24)9-6-13)21(29)20-26-16-3-1-2-4-18(16)30-20/h1-12H/b25-12+. The van der Waals surface area contributed by atoms with Gasteiger partial charge < -0.3 is 0 Å². The molecule has 31 heavy (non-hydrogen) atoms. The Morgan fingerprint density at radius 3 is 2.55 bits per heavy atom. The minimum atomic E-state index is -0.377. The highest BCUT2D eigenvalue weighted by atomic mass is 79.9. The van der Waals surface area contributed by atoms with E-state index in [1.54, 1.807) is 12.1 Å². The number of para-hydroxylation sites is 1. The van der Waals surface area contributed by atoms with Crippen LogP contribution >= 0.6 is 38.6 Å². The van der Waals surface area contributed by atoms with Crippen molar-refractivity contribution in [1.82, 2.24) is 9.97 Å². The lowest BCUT2D eigenvalue weighted by Crippen LogP contribution is -2.25. The molecule has 0 saturated carbocycles. The number of benzene rings is 3. The topological polar surface area (TPSA) is 58.5 Å². The number of amides is 1. The van der Waals surface area contributed by atoms with Gasteiger partial charge in [-0.1, -0.05) is 51.5 Å². The number of halogens is 2. The summed E-state index contributed by atoms with van der Waals surface area (Å²) in [5.41, 5.74) is 2.18. The van der Waals surface area contributed by atoms with Crippen LogP contribution in [0.5, 0.6) is 0 Å². The molecule has 5 rings (SSSR count). The minimum absolute atomic E-state index is 0.317. The monoisotopic (exact) mass is 510 g/mol. The Labute approximate surface area is 192 Å².